The molecular formula is C8H12O4. The van der Waals surface area contributed by atoms with Gasteiger partial charge in [-0.25, -0.2) is 4.79 Å². The summed E-state index contributed by atoms with van der Waals surface area (Å²) >= 11 is 0. The van der Waals surface area contributed by atoms with Crippen LogP contribution in [0.25, 0.3) is 0 Å². The zero-order chi connectivity index (χ0) is 9.89. The van der Waals surface area contributed by atoms with Crippen LogP contribution < -0.4 is 0 Å². The van der Waals surface area contributed by atoms with Crippen LogP contribution in [0.5, 0.6) is 0 Å². The number of carboxylic acid groups (broad SMARTS) is 2. The molecule has 0 radical (unpaired) electrons. The van der Waals surface area contributed by atoms with Crippen LogP contribution in [0.4, 0.5) is 0 Å². The monoisotopic (exact) mass is 172 g/mol. The molecule has 0 aromatic rings. The van der Waals surface area contributed by atoms with Crippen molar-refractivity contribution in [1.82, 2.24) is 0 Å². The smallest absolute Gasteiger partial charge is 0.331 e. The number of aliphatic carboxylic acids is 2. The molecule has 1 atom stereocenters. The number of carboxylic acids is 2. The second-order valence-electron chi connectivity index (χ2n) is 2.67. The minimum atomic E-state index is -1.07. The van der Waals surface area contributed by atoms with E-state index < -0.39 is 17.9 Å². The molecule has 0 aliphatic heterocycles. The summed E-state index contributed by atoms with van der Waals surface area (Å²) in [5.74, 6) is -2.81. The normalized spacial score (nSPS) is 14.9. The molecule has 0 amide bonds. The summed E-state index contributed by atoms with van der Waals surface area (Å²) in [6, 6.07) is 0. The van der Waals surface area contributed by atoms with Gasteiger partial charge in [0.15, 0.2) is 0 Å². The summed E-state index contributed by atoms with van der Waals surface area (Å²) in [6.45, 7) is 4.38. The number of hydrogen-bond acceptors (Lipinski definition) is 2. The zero-order valence-corrected chi connectivity index (χ0v) is 7.29. The predicted octanol–water partition coefficient (Wildman–Crippen LogP) is 1.13. The topological polar surface area (TPSA) is 74.6 Å². The average molecular weight is 172 g/mol. The third-order valence-corrected chi connectivity index (χ3v) is 1.93. The van der Waals surface area contributed by atoms with Gasteiger partial charge < -0.3 is 10.2 Å². The van der Waals surface area contributed by atoms with Crippen molar-refractivity contribution in [1.29, 1.82) is 0 Å². The van der Waals surface area contributed by atoms with E-state index in [0.29, 0.717) is 5.57 Å². The van der Waals surface area contributed by atoms with Crippen LogP contribution in [0.3, 0.4) is 0 Å². The number of hydrogen-bond donors (Lipinski definition) is 2. The van der Waals surface area contributed by atoms with Gasteiger partial charge in [0.1, 0.15) is 0 Å². The highest BCUT2D eigenvalue weighted by Gasteiger charge is 2.17. The summed E-state index contributed by atoms with van der Waals surface area (Å²) < 4.78 is 0. The molecule has 0 aromatic heterocycles. The lowest BCUT2D eigenvalue weighted by atomic mass is 9.98. The highest BCUT2D eigenvalue weighted by atomic mass is 16.4. The highest BCUT2D eigenvalue weighted by molar-refractivity contribution is 5.88. The Hall–Kier alpha value is -1.32. The second-order valence-corrected chi connectivity index (χ2v) is 2.67. The van der Waals surface area contributed by atoms with Crippen LogP contribution in [0, 0.1) is 5.92 Å². The van der Waals surface area contributed by atoms with Gasteiger partial charge in [-0.15, -0.1) is 0 Å². The lowest BCUT2D eigenvalue weighted by Crippen LogP contribution is -2.14. The number of rotatable bonds is 3. The molecule has 0 rings (SSSR count). The van der Waals surface area contributed by atoms with Crippen molar-refractivity contribution in [2.24, 2.45) is 5.92 Å². The van der Waals surface area contributed by atoms with Gasteiger partial charge in [0, 0.05) is 5.57 Å². The van der Waals surface area contributed by atoms with E-state index in [1.165, 1.54) is 20.8 Å². The maximum atomic E-state index is 10.4. The van der Waals surface area contributed by atoms with Gasteiger partial charge >= 0.3 is 11.9 Å². The summed E-state index contributed by atoms with van der Waals surface area (Å²) in [6.07, 6.45) is 0. The molecule has 68 valence electrons. The first-order chi connectivity index (χ1) is 5.37. The van der Waals surface area contributed by atoms with Gasteiger partial charge in [0.2, 0.25) is 0 Å². The molecule has 0 aromatic carbocycles. The maximum absolute atomic E-state index is 10.4. The van der Waals surface area contributed by atoms with Gasteiger partial charge in [-0.2, -0.15) is 0 Å². The first-order valence-electron chi connectivity index (χ1n) is 3.51. The van der Waals surface area contributed by atoms with Crippen LogP contribution in [-0.4, -0.2) is 22.2 Å². The molecule has 12 heavy (non-hydrogen) atoms. The van der Waals surface area contributed by atoms with Gasteiger partial charge in [-0.3, -0.25) is 4.79 Å². The van der Waals surface area contributed by atoms with Gasteiger partial charge in [-0.1, -0.05) is 0 Å². The fourth-order valence-electron chi connectivity index (χ4n) is 0.679. The van der Waals surface area contributed by atoms with Crippen LogP contribution in [0.1, 0.15) is 20.8 Å². The lowest BCUT2D eigenvalue weighted by molar-refractivity contribution is -0.139. The van der Waals surface area contributed by atoms with Crippen LogP contribution in [-0.2, 0) is 9.59 Å². The van der Waals surface area contributed by atoms with Crippen molar-refractivity contribution >= 4 is 11.9 Å². The fraction of sp³-hybridized carbons (Fsp3) is 0.500. The molecule has 0 bridgehead atoms. The molecule has 0 fully saturated rings. The zero-order valence-electron chi connectivity index (χ0n) is 7.29. The second kappa shape index (κ2) is 3.90. The molecule has 0 aliphatic rings. The SMILES string of the molecule is CC(C(=O)O)=C(C)C(C)C(=O)O. The molecule has 4 heteroatoms. The third-order valence-electron chi connectivity index (χ3n) is 1.93. The van der Waals surface area contributed by atoms with E-state index in [-0.39, 0.29) is 5.57 Å². The number of carbonyl (C=O) groups is 2. The highest BCUT2D eigenvalue weighted by Crippen LogP contribution is 2.14. The average Bonchev–Trinajstić information content (AvgIpc) is 2.00. The molecular weight excluding hydrogens is 160 g/mol. The first-order valence-corrected chi connectivity index (χ1v) is 3.51. The Kier molecular flexibility index (Phi) is 3.47. The standard InChI is InChI=1S/C8H12O4/c1-4(5(2)7(9)10)6(3)8(11)12/h5H,1-3H3,(H,9,10)(H,11,12). The van der Waals surface area contributed by atoms with Gasteiger partial charge in [0.25, 0.3) is 0 Å². The van der Waals surface area contributed by atoms with E-state index in [1.54, 1.807) is 0 Å². The molecule has 4 nitrogen and oxygen atoms in total. The van der Waals surface area contributed by atoms with Crippen molar-refractivity contribution in [2.75, 3.05) is 0 Å². The summed E-state index contributed by atoms with van der Waals surface area (Å²) in [5.41, 5.74) is 0.486. The van der Waals surface area contributed by atoms with E-state index in [9.17, 15) is 9.59 Å². The molecule has 0 heterocycles. The lowest BCUT2D eigenvalue weighted by Gasteiger charge is -2.08. The van der Waals surface area contributed by atoms with Crippen molar-refractivity contribution in [2.45, 2.75) is 20.8 Å². The largest absolute Gasteiger partial charge is 0.481 e. The Bertz CT molecular complexity index is 239. The quantitative estimate of drug-likeness (QED) is 0.626. The fourth-order valence-corrected chi connectivity index (χ4v) is 0.679. The summed E-state index contributed by atoms with van der Waals surface area (Å²) in [4.78, 5) is 20.9. The minimum absolute atomic E-state index is 0.102. The third kappa shape index (κ3) is 2.38. The van der Waals surface area contributed by atoms with E-state index in [1.807, 2.05) is 0 Å². The first kappa shape index (κ1) is 10.7. The van der Waals surface area contributed by atoms with Crippen molar-refractivity contribution in [3.63, 3.8) is 0 Å². The summed E-state index contributed by atoms with van der Waals surface area (Å²) in [5, 5.41) is 17.1. The van der Waals surface area contributed by atoms with Gasteiger partial charge in [-0.05, 0) is 26.3 Å². The van der Waals surface area contributed by atoms with Crippen LogP contribution in [0.2, 0.25) is 0 Å². The maximum Gasteiger partial charge on any atom is 0.331 e. The Morgan fingerprint density at radius 3 is 1.83 bits per heavy atom. The Balaban J connectivity index is 4.78. The van der Waals surface area contributed by atoms with E-state index in [2.05, 4.69) is 0 Å². The van der Waals surface area contributed by atoms with E-state index in [4.69, 9.17) is 10.2 Å². The molecule has 0 spiro atoms. The van der Waals surface area contributed by atoms with Crippen molar-refractivity contribution in [3.05, 3.63) is 11.1 Å². The van der Waals surface area contributed by atoms with Crippen LogP contribution in [0.15, 0.2) is 11.1 Å². The Morgan fingerprint density at radius 1 is 1.17 bits per heavy atom. The molecule has 0 aliphatic carbocycles. The van der Waals surface area contributed by atoms with Crippen LogP contribution >= 0.6 is 0 Å². The Morgan fingerprint density at radius 2 is 1.58 bits per heavy atom. The molecule has 0 saturated carbocycles. The Labute approximate surface area is 70.5 Å². The summed E-state index contributed by atoms with van der Waals surface area (Å²) in [7, 11) is 0. The van der Waals surface area contributed by atoms with Gasteiger partial charge in [0.05, 0.1) is 5.92 Å². The van der Waals surface area contributed by atoms with E-state index in [0.717, 1.165) is 0 Å². The molecule has 2 N–H and O–H groups in total. The minimum Gasteiger partial charge on any atom is -0.481 e. The molecule has 1 unspecified atom stereocenters. The van der Waals surface area contributed by atoms with Crippen molar-refractivity contribution in [3.8, 4) is 0 Å². The van der Waals surface area contributed by atoms with E-state index >= 15 is 0 Å². The van der Waals surface area contributed by atoms with Crippen molar-refractivity contribution < 1.29 is 19.8 Å². The molecule has 0 saturated heterocycles. The predicted molar refractivity (Wildman–Crippen MR) is 42.8 cm³/mol.